The maximum absolute atomic E-state index is 11.7. The topological polar surface area (TPSA) is 185 Å². The van der Waals surface area contributed by atoms with Crippen LogP contribution in [-0.4, -0.2) is 69.7 Å². The first-order valence-corrected chi connectivity index (χ1v) is 7.34. The minimum atomic E-state index is -1.43. The van der Waals surface area contributed by atoms with E-state index in [-0.39, 0.29) is 19.6 Å². The van der Waals surface area contributed by atoms with Crippen LogP contribution in [0.4, 0.5) is 4.79 Å². The van der Waals surface area contributed by atoms with Crippen LogP contribution < -0.4 is 16.0 Å². The average Bonchev–Trinajstić information content (AvgIpc) is 2.49. The molecule has 0 aromatic heterocycles. The highest BCUT2D eigenvalue weighted by Gasteiger charge is 2.24. The Morgan fingerprint density at radius 2 is 1.38 bits per heavy atom. The summed E-state index contributed by atoms with van der Waals surface area (Å²) in [6, 6.07) is -3.62. The lowest BCUT2D eigenvalue weighted by Crippen LogP contribution is -2.51. The standard InChI is InChI=1S/C13H23N3O8/c17-7-14-6-2-1-3-8(11(20)21)15-13(24)16-9(12(22)23)4-5-10(18)19/h8-9,14,17H,1-7H2,(H,18,19)(H,20,21)(H,22,23)(H2,15,16,24)/t8-,9-/m0/s1. The normalized spacial score (nSPS) is 12.9. The van der Waals surface area contributed by atoms with Crippen LogP contribution in [0.3, 0.4) is 0 Å². The van der Waals surface area contributed by atoms with Gasteiger partial charge < -0.3 is 31.1 Å². The van der Waals surface area contributed by atoms with Gasteiger partial charge >= 0.3 is 23.9 Å². The van der Waals surface area contributed by atoms with E-state index in [1.807, 2.05) is 5.32 Å². The number of aliphatic carboxylic acids is 3. The third-order valence-corrected chi connectivity index (χ3v) is 3.06. The average molecular weight is 349 g/mol. The van der Waals surface area contributed by atoms with Crippen molar-refractivity contribution in [2.45, 2.75) is 44.2 Å². The van der Waals surface area contributed by atoms with Crippen molar-refractivity contribution >= 4 is 23.9 Å². The number of urea groups is 1. The Balaban J connectivity index is 4.40. The highest BCUT2D eigenvalue weighted by molar-refractivity contribution is 5.86. The molecule has 11 heteroatoms. The fourth-order valence-corrected chi connectivity index (χ4v) is 1.82. The Morgan fingerprint density at radius 1 is 0.833 bits per heavy atom. The summed E-state index contributed by atoms with van der Waals surface area (Å²) in [4.78, 5) is 44.2. The minimum absolute atomic E-state index is 0.128. The maximum Gasteiger partial charge on any atom is 0.326 e. The quantitative estimate of drug-likeness (QED) is 0.158. The van der Waals surface area contributed by atoms with Gasteiger partial charge in [0.05, 0.1) is 6.73 Å². The molecular formula is C13H23N3O8. The number of hydrogen-bond acceptors (Lipinski definition) is 6. The van der Waals surface area contributed by atoms with Gasteiger partial charge in [-0.25, -0.2) is 14.4 Å². The lowest BCUT2D eigenvalue weighted by Gasteiger charge is -2.18. The first kappa shape index (κ1) is 21.6. The van der Waals surface area contributed by atoms with Gasteiger partial charge in [-0.15, -0.1) is 0 Å². The van der Waals surface area contributed by atoms with Crippen LogP contribution in [0.5, 0.6) is 0 Å². The maximum atomic E-state index is 11.7. The Bertz CT molecular complexity index is 443. The van der Waals surface area contributed by atoms with Gasteiger partial charge in [0, 0.05) is 6.42 Å². The summed E-state index contributed by atoms with van der Waals surface area (Å²) in [6.07, 6.45) is 0.415. The van der Waals surface area contributed by atoms with Crippen molar-refractivity contribution in [3.05, 3.63) is 0 Å². The van der Waals surface area contributed by atoms with Crippen molar-refractivity contribution in [2.24, 2.45) is 0 Å². The van der Waals surface area contributed by atoms with Crippen LogP contribution in [0.15, 0.2) is 0 Å². The first-order valence-electron chi connectivity index (χ1n) is 7.34. The molecule has 2 amide bonds. The van der Waals surface area contributed by atoms with E-state index in [1.165, 1.54) is 0 Å². The SMILES string of the molecule is O=C(O)CC[C@H](NC(=O)N[C@@H](CCCCNCO)C(=O)O)C(=O)O. The fourth-order valence-electron chi connectivity index (χ4n) is 1.82. The van der Waals surface area contributed by atoms with E-state index in [9.17, 15) is 19.2 Å². The van der Waals surface area contributed by atoms with E-state index in [2.05, 4.69) is 10.6 Å². The van der Waals surface area contributed by atoms with Crippen molar-refractivity contribution < 1.29 is 39.6 Å². The van der Waals surface area contributed by atoms with Gasteiger partial charge in [-0.05, 0) is 32.2 Å². The highest BCUT2D eigenvalue weighted by Crippen LogP contribution is 2.02. The van der Waals surface area contributed by atoms with Gasteiger partial charge in [0.25, 0.3) is 0 Å². The van der Waals surface area contributed by atoms with Gasteiger partial charge in [0.1, 0.15) is 12.1 Å². The molecule has 0 aliphatic heterocycles. The molecule has 0 fully saturated rings. The molecule has 0 radical (unpaired) electrons. The van der Waals surface area contributed by atoms with Crippen molar-refractivity contribution in [2.75, 3.05) is 13.3 Å². The van der Waals surface area contributed by atoms with Crippen LogP contribution in [0.25, 0.3) is 0 Å². The summed E-state index contributed by atoms with van der Waals surface area (Å²) in [6.45, 7) is 0.307. The largest absolute Gasteiger partial charge is 0.481 e. The van der Waals surface area contributed by atoms with E-state index >= 15 is 0 Å². The zero-order valence-electron chi connectivity index (χ0n) is 13.0. The summed E-state index contributed by atoms with van der Waals surface area (Å²) in [7, 11) is 0. The zero-order chi connectivity index (χ0) is 18.5. The second-order valence-electron chi connectivity index (χ2n) is 4.99. The number of unbranched alkanes of at least 4 members (excludes halogenated alkanes) is 1. The van der Waals surface area contributed by atoms with Gasteiger partial charge in [0.15, 0.2) is 0 Å². The Labute approximate surface area is 138 Å². The zero-order valence-corrected chi connectivity index (χ0v) is 13.0. The Morgan fingerprint density at radius 3 is 1.83 bits per heavy atom. The smallest absolute Gasteiger partial charge is 0.326 e. The number of aliphatic hydroxyl groups is 1. The minimum Gasteiger partial charge on any atom is -0.481 e. The number of hydrogen-bond donors (Lipinski definition) is 7. The summed E-state index contributed by atoms with van der Waals surface area (Å²) in [5, 5.41) is 41.9. The molecule has 0 spiro atoms. The molecule has 0 aromatic carbocycles. The molecule has 0 saturated heterocycles. The summed E-state index contributed by atoms with van der Waals surface area (Å²) < 4.78 is 0. The van der Waals surface area contributed by atoms with Gasteiger partial charge in [-0.2, -0.15) is 0 Å². The van der Waals surface area contributed by atoms with Crippen molar-refractivity contribution in [3.63, 3.8) is 0 Å². The number of carbonyl (C=O) groups excluding carboxylic acids is 1. The molecule has 0 saturated carbocycles. The van der Waals surface area contributed by atoms with Crippen molar-refractivity contribution in [3.8, 4) is 0 Å². The van der Waals surface area contributed by atoms with Gasteiger partial charge in [-0.1, -0.05) is 0 Å². The van der Waals surface area contributed by atoms with E-state index in [1.54, 1.807) is 0 Å². The molecule has 138 valence electrons. The number of carboxylic acids is 3. The summed E-state index contributed by atoms with van der Waals surface area (Å²) in [5.41, 5.74) is 0. The van der Waals surface area contributed by atoms with Gasteiger partial charge in [0.2, 0.25) is 0 Å². The number of carboxylic acid groups (broad SMARTS) is 3. The number of aliphatic hydroxyl groups excluding tert-OH is 1. The second kappa shape index (κ2) is 12.1. The molecule has 7 N–H and O–H groups in total. The van der Waals surface area contributed by atoms with Crippen LogP contribution in [0, 0.1) is 0 Å². The molecule has 0 aliphatic carbocycles. The van der Waals surface area contributed by atoms with Crippen molar-refractivity contribution in [1.29, 1.82) is 0 Å². The van der Waals surface area contributed by atoms with Crippen LogP contribution in [-0.2, 0) is 14.4 Å². The monoisotopic (exact) mass is 349 g/mol. The predicted octanol–water partition coefficient (Wildman–Crippen LogP) is -1.23. The van der Waals surface area contributed by atoms with Crippen molar-refractivity contribution in [1.82, 2.24) is 16.0 Å². The predicted molar refractivity (Wildman–Crippen MR) is 80.3 cm³/mol. The molecule has 0 aromatic rings. The molecule has 0 bridgehead atoms. The second-order valence-corrected chi connectivity index (χ2v) is 4.99. The molecule has 0 aliphatic rings. The third kappa shape index (κ3) is 10.3. The van der Waals surface area contributed by atoms with Crippen LogP contribution in [0.1, 0.15) is 32.1 Å². The lowest BCUT2D eigenvalue weighted by molar-refractivity contribution is -0.140. The van der Waals surface area contributed by atoms with Crippen LogP contribution >= 0.6 is 0 Å². The molecule has 2 atom stereocenters. The summed E-state index contributed by atoms with van der Waals surface area (Å²) >= 11 is 0. The number of amides is 2. The highest BCUT2D eigenvalue weighted by atomic mass is 16.4. The molecule has 24 heavy (non-hydrogen) atoms. The molecule has 0 unspecified atom stereocenters. The van der Waals surface area contributed by atoms with Crippen LogP contribution in [0.2, 0.25) is 0 Å². The van der Waals surface area contributed by atoms with E-state index < -0.39 is 42.4 Å². The molecule has 0 rings (SSSR count). The number of nitrogens with one attached hydrogen (secondary N) is 3. The lowest BCUT2D eigenvalue weighted by atomic mass is 10.1. The molecule has 11 nitrogen and oxygen atoms in total. The first-order chi connectivity index (χ1) is 11.3. The Hall–Kier alpha value is -2.40. The number of carbonyl (C=O) groups is 4. The fraction of sp³-hybridized carbons (Fsp3) is 0.692. The number of rotatable bonds is 13. The van der Waals surface area contributed by atoms with Gasteiger partial charge in [-0.3, -0.25) is 10.1 Å². The third-order valence-electron chi connectivity index (χ3n) is 3.06. The Kier molecular flexibility index (Phi) is 10.9. The van der Waals surface area contributed by atoms with E-state index in [4.69, 9.17) is 20.4 Å². The molecular weight excluding hydrogens is 326 g/mol. The van der Waals surface area contributed by atoms with E-state index in [0.29, 0.717) is 19.4 Å². The van der Waals surface area contributed by atoms with E-state index in [0.717, 1.165) is 0 Å². The molecule has 0 heterocycles. The summed E-state index contributed by atoms with van der Waals surface area (Å²) in [5.74, 6) is -3.88.